The molecule has 0 amide bonds. The lowest BCUT2D eigenvalue weighted by Gasteiger charge is -2.23. The van der Waals surface area contributed by atoms with E-state index in [1.165, 1.54) is 0 Å². The zero-order chi connectivity index (χ0) is 13.0. The van der Waals surface area contributed by atoms with Crippen LogP contribution in [-0.2, 0) is 0 Å². The lowest BCUT2D eigenvalue weighted by atomic mass is 10.1. The van der Waals surface area contributed by atoms with Crippen LogP contribution in [0.25, 0.3) is 0 Å². The van der Waals surface area contributed by atoms with Gasteiger partial charge < -0.3 is 16.2 Å². The minimum Gasteiger partial charge on any atom is -0.398 e. The number of aliphatic hydroxyl groups is 1. The van der Waals surface area contributed by atoms with Gasteiger partial charge in [-0.2, -0.15) is 11.8 Å². The normalized spacial score (nSPS) is 14.4. The van der Waals surface area contributed by atoms with Crippen molar-refractivity contribution in [2.75, 3.05) is 23.9 Å². The van der Waals surface area contributed by atoms with Gasteiger partial charge in [-0.05, 0) is 37.8 Å². The highest BCUT2D eigenvalue weighted by molar-refractivity contribution is 7.99. The molecular formula is C12H19ClN2OS. The number of thioether (sulfide) groups is 1. The molecule has 96 valence electrons. The van der Waals surface area contributed by atoms with E-state index in [1.54, 1.807) is 11.8 Å². The van der Waals surface area contributed by atoms with Crippen LogP contribution in [0.2, 0.25) is 5.02 Å². The summed E-state index contributed by atoms with van der Waals surface area (Å²) in [5.41, 5.74) is 8.33. The molecule has 0 heterocycles. The summed E-state index contributed by atoms with van der Waals surface area (Å²) in [5.74, 6) is 0. The van der Waals surface area contributed by atoms with Crippen molar-refractivity contribution in [3.8, 4) is 0 Å². The van der Waals surface area contributed by atoms with Gasteiger partial charge in [-0.15, -0.1) is 0 Å². The molecular weight excluding hydrogens is 256 g/mol. The highest BCUT2D eigenvalue weighted by atomic mass is 35.5. The Hall–Kier alpha value is -0.580. The number of hydrogen-bond donors (Lipinski definition) is 3. The van der Waals surface area contributed by atoms with Crippen LogP contribution < -0.4 is 11.1 Å². The highest BCUT2D eigenvalue weighted by Crippen LogP contribution is 2.28. The van der Waals surface area contributed by atoms with Gasteiger partial charge in [-0.3, -0.25) is 0 Å². The second-order valence-corrected chi connectivity index (χ2v) is 5.56. The summed E-state index contributed by atoms with van der Waals surface area (Å²) in [6, 6.07) is 3.84. The number of aliphatic hydroxyl groups excluding tert-OH is 1. The van der Waals surface area contributed by atoms with Crippen LogP contribution in [0.15, 0.2) is 12.1 Å². The summed E-state index contributed by atoms with van der Waals surface area (Å²) < 4.78 is 0. The number of rotatable bonds is 5. The van der Waals surface area contributed by atoms with Gasteiger partial charge in [0.1, 0.15) is 0 Å². The minimum absolute atomic E-state index is 0.150. The first-order valence-corrected chi connectivity index (χ1v) is 7.12. The maximum Gasteiger partial charge on any atom is 0.0656 e. The first kappa shape index (κ1) is 14.5. The molecule has 0 aliphatic carbocycles. The molecule has 17 heavy (non-hydrogen) atoms. The number of anilines is 2. The predicted molar refractivity (Wildman–Crippen MR) is 78.1 cm³/mol. The Morgan fingerprint density at radius 2 is 2.18 bits per heavy atom. The molecule has 3 nitrogen and oxygen atoms in total. The molecule has 0 fully saturated rings. The van der Waals surface area contributed by atoms with Crippen molar-refractivity contribution in [3.05, 3.63) is 22.7 Å². The van der Waals surface area contributed by atoms with E-state index >= 15 is 0 Å². The number of nitrogens with two attached hydrogens (primary N) is 1. The van der Waals surface area contributed by atoms with Crippen molar-refractivity contribution in [3.63, 3.8) is 0 Å². The van der Waals surface area contributed by atoms with Crippen LogP contribution >= 0.6 is 23.4 Å². The van der Waals surface area contributed by atoms with Crippen LogP contribution in [0.3, 0.4) is 0 Å². The van der Waals surface area contributed by atoms with Gasteiger partial charge in [-0.25, -0.2) is 0 Å². The summed E-state index contributed by atoms with van der Waals surface area (Å²) in [5, 5.41) is 13.3. The minimum atomic E-state index is 0.150. The molecule has 1 aromatic carbocycles. The Kier molecular flexibility index (Phi) is 5.43. The fourth-order valence-corrected chi connectivity index (χ4v) is 2.42. The number of nitrogen functional groups attached to an aromatic ring is 1. The van der Waals surface area contributed by atoms with Crippen LogP contribution in [0.1, 0.15) is 12.5 Å². The van der Waals surface area contributed by atoms with E-state index in [1.807, 2.05) is 32.2 Å². The second-order valence-electron chi connectivity index (χ2n) is 4.08. The number of halogens is 1. The quantitative estimate of drug-likeness (QED) is 0.723. The van der Waals surface area contributed by atoms with Gasteiger partial charge in [-0.1, -0.05) is 11.6 Å². The van der Waals surface area contributed by atoms with Crippen molar-refractivity contribution in [1.82, 2.24) is 0 Å². The molecule has 0 aliphatic heterocycles. The number of hydrogen-bond acceptors (Lipinski definition) is 4. The molecule has 0 radical (unpaired) electrons. The lowest BCUT2D eigenvalue weighted by molar-refractivity contribution is 0.288. The van der Waals surface area contributed by atoms with E-state index in [2.05, 4.69) is 5.32 Å². The maximum atomic E-state index is 9.24. The molecule has 5 heteroatoms. The molecule has 1 aromatic rings. The molecule has 2 atom stereocenters. The fourth-order valence-electron chi connectivity index (χ4n) is 1.63. The van der Waals surface area contributed by atoms with E-state index < -0.39 is 0 Å². The average Bonchev–Trinajstić information content (AvgIpc) is 2.27. The highest BCUT2D eigenvalue weighted by Gasteiger charge is 2.16. The first-order chi connectivity index (χ1) is 7.99. The second kappa shape index (κ2) is 6.38. The van der Waals surface area contributed by atoms with E-state index in [4.69, 9.17) is 17.3 Å². The monoisotopic (exact) mass is 274 g/mol. The predicted octanol–water partition coefficient (Wildman–Crippen LogP) is 2.75. The Labute approximate surface area is 112 Å². The van der Waals surface area contributed by atoms with Gasteiger partial charge in [0.25, 0.3) is 0 Å². The molecule has 0 bridgehead atoms. The Bertz CT molecular complexity index is 383. The largest absolute Gasteiger partial charge is 0.398 e. The third-order valence-corrected chi connectivity index (χ3v) is 4.26. The first-order valence-electron chi connectivity index (χ1n) is 5.45. The number of benzene rings is 1. The summed E-state index contributed by atoms with van der Waals surface area (Å²) in [6.07, 6.45) is 1.99. The summed E-state index contributed by atoms with van der Waals surface area (Å²) in [4.78, 5) is 0. The third kappa shape index (κ3) is 3.69. The SMILES string of the molecule is CSC(CO)C(C)Nc1cc(Cl)c(N)cc1C. The Morgan fingerprint density at radius 1 is 1.53 bits per heavy atom. The zero-order valence-corrected chi connectivity index (χ0v) is 11.9. The zero-order valence-electron chi connectivity index (χ0n) is 10.3. The fraction of sp³-hybridized carbons (Fsp3) is 0.500. The topological polar surface area (TPSA) is 58.3 Å². The molecule has 1 rings (SSSR count). The van der Waals surface area contributed by atoms with Crippen molar-refractivity contribution in [2.45, 2.75) is 25.1 Å². The van der Waals surface area contributed by atoms with E-state index in [9.17, 15) is 5.11 Å². The standard InChI is InChI=1S/C12H19ClN2OS/c1-7-4-10(14)9(13)5-11(7)15-8(2)12(6-16)17-3/h4-5,8,12,15-16H,6,14H2,1-3H3. The van der Waals surface area contributed by atoms with Crippen molar-refractivity contribution in [1.29, 1.82) is 0 Å². The lowest BCUT2D eigenvalue weighted by Crippen LogP contribution is -2.31. The molecule has 4 N–H and O–H groups in total. The van der Waals surface area contributed by atoms with E-state index in [0.717, 1.165) is 11.3 Å². The van der Waals surface area contributed by atoms with Gasteiger partial charge in [0.15, 0.2) is 0 Å². The summed E-state index contributed by atoms with van der Waals surface area (Å²) >= 11 is 7.64. The van der Waals surface area contributed by atoms with Gasteiger partial charge in [0, 0.05) is 17.0 Å². The molecule has 2 unspecified atom stereocenters. The number of aryl methyl sites for hydroxylation is 1. The summed E-state index contributed by atoms with van der Waals surface area (Å²) in [6.45, 7) is 4.17. The summed E-state index contributed by atoms with van der Waals surface area (Å²) in [7, 11) is 0. The van der Waals surface area contributed by atoms with Crippen LogP contribution in [0.5, 0.6) is 0 Å². The number of nitrogens with one attached hydrogen (secondary N) is 1. The molecule has 0 aromatic heterocycles. The molecule has 0 saturated carbocycles. The van der Waals surface area contributed by atoms with Gasteiger partial charge in [0.2, 0.25) is 0 Å². The van der Waals surface area contributed by atoms with Crippen LogP contribution in [-0.4, -0.2) is 29.3 Å². The Morgan fingerprint density at radius 3 is 2.71 bits per heavy atom. The van der Waals surface area contributed by atoms with Crippen molar-refractivity contribution < 1.29 is 5.11 Å². The van der Waals surface area contributed by atoms with E-state index in [0.29, 0.717) is 10.7 Å². The third-order valence-electron chi connectivity index (χ3n) is 2.77. The van der Waals surface area contributed by atoms with E-state index in [-0.39, 0.29) is 17.9 Å². The molecule has 0 saturated heterocycles. The maximum absolute atomic E-state index is 9.24. The van der Waals surface area contributed by atoms with Crippen LogP contribution in [0.4, 0.5) is 11.4 Å². The average molecular weight is 275 g/mol. The van der Waals surface area contributed by atoms with Crippen molar-refractivity contribution >= 4 is 34.7 Å². The van der Waals surface area contributed by atoms with Gasteiger partial charge >= 0.3 is 0 Å². The smallest absolute Gasteiger partial charge is 0.0656 e. The molecule has 0 spiro atoms. The van der Waals surface area contributed by atoms with Gasteiger partial charge in [0.05, 0.1) is 17.3 Å². The van der Waals surface area contributed by atoms with Crippen LogP contribution in [0, 0.1) is 6.92 Å². The Balaban J connectivity index is 2.84. The van der Waals surface area contributed by atoms with Crippen molar-refractivity contribution in [2.24, 2.45) is 0 Å². The molecule has 0 aliphatic rings.